The number of nitrogens with one attached hydrogen (secondary N) is 1. The van der Waals surface area contributed by atoms with Crippen LogP contribution in [0.2, 0.25) is 5.02 Å². The highest BCUT2D eigenvalue weighted by molar-refractivity contribution is 6.30. The molecule has 2 aromatic carbocycles. The van der Waals surface area contributed by atoms with Crippen LogP contribution in [0.15, 0.2) is 77.4 Å². The number of aromatic nitrogens is 2. The summed E-state index contributed by atoms with van der Waals surface area (Å²) in [6.45, 7) is 2.16. The zero-order valence-electron chi connectivity index (χ0n) is 17.3. The maximum absolute atomic E-state index is 12.5. The summed E-state index contributed by atoms with van der Waals surface area (Å²) in [7, 11) is 0. The molecule has 3 heterocycles. The monoisotopic (exact) mass is 444 g/mol. The molecule has 0 saturated carbocycles. The first-order chi connectivity index (χ1) is 15.7. The number of carbonyl (C=O) groups excluding carboxylic acids is 1. The Morgan fingerprint density at radius 3 is 2.75 bits per heavy atom. The molecule has 0 atom stereocenters. The predicted molar refractivity (Wildman–Crippen MR) is 124 cm³/mol. The number of benzene rings is 2. The maximum atomic E-state index is 12.5. The van der Waals surface area contributed by atoms with E-state index in [1.165, 1.54) is 11.1 Å². The van der Waals surface area contributed by atoms with Gasteiger partial charge in [0, 0.05) is 42.5 Å². The summed E-state index contributed by atoms with van der Waals surface area (Å²) in [6, 6.07) is 21.3. The molecule has 0 spiro atoms. The van der Waals surface area contributed by atoms with Crippen LogP contribution in [-0.4, -0.2) is 22.6 Å². The zero-order chi connectivity index (χ0) is 21.9. The van der Waals surface area contributed by atoms with Gasteiger partial charge in [-0.05, 0) is 41.3 Å². The molecule has 6 nitrogen and oxygen atoms in total. The van der Waals surface area contributed by atoms with E-state index >= 15 is 0 Å². The van der Waals surface area contributed by atoms with Gasteiger partial charge >= 0.3 is 0 Å². The average molecular weight is 445 g/mol. The standard InChI is InChI=1S/C25H21ClN4O2/c26-21-7-3-6-19(12-21)23-13-22(29-32-23)25(31)28-15-17-8-9-24(27-14-17)30-11-10-18-4-1-2-5-20(18)16-30/h1-9,12-14H,10-11,15-16H2,(H,28,31). The van der Waals surface area contributed by atoms with Gasteiger partial charge in [0.05, 0.1) is 0 Å². The van der Waals surface area contributed by atoms with Crippen LogP contribution in [0, 0.1) is 0 Å². The second-order valence-corrected chi connectivity index (χ2v) is 8.17. The van der Waals surface area contributed by atoms with Crippen molar-refractivity contribution in [3.63, 3.8) is 0 Å². The van der Waals surface area contributed by atoms with Crippen molar-refractivity contribution in [2.45, 2.75) is 19.5 Å². The van der Waals surface area contributed by atoms with Crippen LogP contribution in [0.5, 0.6) is 0 Å². The molecule has 0 saturated heterocycles. The van der Waals surface area contributed by atoms with Gasteiger partial charge < -0.3 is 14.7 Å². The molecule has 4 aromatic rings. The van der Waals surface area contributed by atoms with Crippen molar-refractivity contribution in [1.29, 1.82) is 0 Å². The van der Waals surface area contributed by atoms with Crippen molar-refractivity contribution in [3.8, 4) is 11.3 Å². The molecule has 0 fully saturated rings. The molecule has 2 aromatic heterocycles. The van der Waals surface area contributed by atoms with Gasteiger partial charge in [-0.1, -0.05) is 59.2 Å². The van der Waals surface area contributed by atoms with E-state index in [2.05, 4.69) is 44.6 Å². The molecule has 32 heavy (non-hydrogen) atoms. The van der Waals surface area contributed by atoms with Crippen LogP contribution in [-0.2, 0) is 19.5 Å². The minimum absolute atomic E-state index is 0.219. The Labute approximate surface area is 190 Å². The first-order valence-corrected chi connectivity index (χ1v) is 10.8. The zero-order valence-corrected chi connectivity index (χ0v) is 18.0. The summed E-state index contributed by atoms with van der Waals surface area (Å²) in [5.41, 5.74) is 4.66. The van der Waals surface area contributed by atoms with Gasteiger partial charge in [-0.15, -0.1) is 0 Å². The Bertz CT molecular complexity index is 1250. The van der Waals surface area contributed by atoms with E-state index in [-0.39, 0.29) is 11.6 Å². The van der Waals surface area contributed by atoms with E-state index in [9.17, 15) is 4.79 Å². The van der Waals surface area contributed by atoms with E-state index in [1.54, 1.807) is 24.4 Å². The van der Waals surface area contributed by atoms with Crippen LogP contribution < -0.4 is 10.2 Å². The van der Waals surface area contributed by atoms with Gasteiger partial charge in [0.2, 0.25) is 0 Å². The van der Waals surface area contributed by atoms with Crippen molar-refractivity contribution in [2.24, 2.45) is 0 Å². The number of rotatable bonds is 5. The predicted octanol–water partition coefficient (Wildman–Crippen LogP) is 4.88. The quantitative estimate of drug-likeness (QED) is 0.475. The molecule has 0 aliphatic carbocycles. The number of amides is 1. The Morgan fingerprint density at radius 1 is 1.06 bits per heavy atom. The third-order valence-corrected chi connectivity index (χ3v) is 5.80. The van der Waals surface area contributed by atoms with Crippen molar-refractivity contribution in [3.05, 3.63) is 100 Å². The Morgan fingerprint density at radius 2 is 1.94 bits per heavy atom. The van der Waals surface area contributed by atoms with Crippen LogP contribution in [0.25, 0.3) is 11.3 Å². The fourth-order valence-corrected chi connectivity index (χ4v) is 4.02. The lowest BCUT2D eigenvalue weighted by Gasteiger charge is -2.29. The third kappa shape index (κ3) is 4.36. The number of pyridine rings is 1. The summed E-state index contributed by atoms with van der Waals surface area (Å²) < 4.78 is 5.30. The van der Waals surface area contributed by atoms with Gasteiger partial charge in [-0.2, -0.15) is 0 Å². The number of carbonyl (C=O) groups is 1. The first kappa shape index (κ1) is 20.3. The van der Waals surface area contributed by atoms with E-state index in [0.717, 1.165) is 36.5 Å². The molecule has 0 unspecified atom stereocenters. The minimum atomic E-state index is -0.307. The van der Waals surface area contributed by atoms with E-state index in [0.29, 0.717) is 17.3 Å². The molecule has 1 aliphatic heterocycles. The smallest absolute Gasteiger partial charge is 0.273 e. The lowest BCUT2D eigenvalue weighted by atomic mass is 10.00. The summed E-state index contributed by atoms with van der Waals surface area (Å²) in [5.74, 6) is 1.13. The van der Waals surface area contributed by atoms with Crippen LogP contribution in [0.1, 0.15) is 27.2 Å². The van der Waals surface area contributed by atoms with Crippen molar-refractivity contribution in [1.82, 2.24) is 15.5 Å². The number of fused-ring (bicyclic) bond motifs is 1. The fraction of sp³-hybridized carbons (Fsp3) is 0.160. The normalized spacial score (nSPS) is 13.0. The molecular weight excluding hydrogens is 424 g/mol. The molecule has 1 amide bonds. The van der Waals surface area contributed by atoms with Gasteiger partial charge in [0.25, 0.3) is 5.91 Å². The van der Waals surface area contributed by atoms with Crippen LogP contribution in [0.3, 0.4) is 0 Å². The SMILES string of the molecule is O=C(NCc1ccc(N2CCc3ccccc3C2)nc1)c1cc(-c2cccc(Cl)c2)on1. The Balaban J connectivity index is 1.19. The van der Waals surface area contributed by atoms with E-state index in [1.807, 2.05) is 24.3 Å². The van der Waals surface area contributed by atoms with Gasteiger partial charge in [-0.25, -0.2) is 4.98 Å². The van der Waals surface area contributed by atoms with Crippen molar-refractivity contribution >= 4 is 23.3 Å². The highest BCUT2D eigenvalue weighted by Crippen LogP contribution is 2.24. The first-order valence-electron chi connectivity index (χ1n) is 10.4. The number of nitrogens with zero attached hydrogens (tertiary/aromatic N) is 3. The molecule has 1 N–H and O–H groups in total. The summed E-state index contributed by atoms with van der Waals surface area (Å²) in [4.78, 5) is 19.4. The molecule has 0 bridgehead atoms. The number of hydrogen-bond acceptors (Lipinski definition) is 5. The lowest BCUT2D eigenvalue weighted by molar-refractivity contribution is 0.0942. The van der Waals surface area contributed by atoms with E-state index in [4.69, 9.17) is 16.1 Å². The van der Waals surface area contributed by atoms with Gasteiger partial charge in [-0.3, -0.25) is 4.79 Å². The fourth-order valence-electron chi connectivity index (χ4n) is 3.83. The summed E-state index contributed by atoms with van der Waals surface area (Å²) in [6.07, 6.45) is 2.82. The maximum Gasteiger partial charge on any atom is 0.273 e. The van der Waals surface area contributed by atoms with Crippen molar-refractivity contribution < 1.29 is 9.32 Å². The Kier molecular flexibility index (Phi) is 5.60. The molecule has 160 valence electrons. The van der Waals surface area contributed by atoms with E-state index < -0.39 is 0 Å². The molecule has 0 radical (unpaired) electrons. The average Bonchev–Trinajstić information content (AvgIpc) is 3.33. The molecule has 7 heteroatoms. The summed E-state index contributed by atoms with van der Waals surface area (Å²) >= 11 is 6.01. The second-order valence-electron chi connectivity index (χ2n) is 7.73. The number of hydrogen-bond donors (Lipinski definition) is 1. The minimum Gasteiger partial charge on any atom is -0.355 e. The van der Waals surface area contributed by atoms with Crippen LogP contribution >= 0.6 is 11.6 Å². The van der Waals surface area contributed by atoms with Crippen LogP contribution in [0.4, 0.5) is 5.82 Å². The highest BCUT2D eigenvalue weighted by Gasteiger charge is 2.17. The number of halogens is 1. The lowest BCUT2D eigenvalue weighted by Crippen LogP contribution is -2.31. The number of anilines is 1. The second kappa shape index (κ2) is 8.85. The topological polar surface area (TPSA) is 71.3 Å². The molecular formula is C25H21ClN4O2. The highest BCUT2D eigenvalue weighted by atomic mass is 35.5. The van der Waals surface area contributed by atoms with Gasteiger partial charge in [0.15, 0.2) is 11.5 Å². The largest absolute Gasteiger partial charge is 0.355 e. The third-order valence-electron chi connectivity index (χ3n) is 5.57. The molecule has 1 aliphatic rings. The van der Waals surface area contributed by atoms with Gasteiger partial charge in [0.1, 0.15) is 5.82 Å². The summed E-state index contributed by atoms with van der Waals surface area (Å²) in [5, 5.41) is 7.33. The van der Waals surface area contributed by atoms with Crippen molar-refractivity contribution in [2.75, 3.05) is 11.4 Å². The molecule has 5 rings (SSSR count). The Hall–Kier alpha value is -3.64.